The highest BCUT2D eigenvalue weighted by atomic mass is 32.1. The van der Waals surface area contributed by atoms with Crippen LogP contribution in [0.3, 0.4) is 0 Å². The molecule has 1 aromatic carbocycles. The van der Waals surface area contributed by atoms with E-state index in [-0.39, 0.29) is 5.82 Å². The fraction of sp³-hybridized carbons (Fsp3) is 0.167. The zero-order valence-electron chi connectivity index (χ0n) is 8.70. The molecule has 0 saturated heterocycles. The van der Waals surface area contributed by atoms with Crippen molar-refractivity contribution >= 4 is 22.0 Å². The number of aryl methyl sites for hydroxylation is 1. The maximum atomic E-state index is 13.0. The molecule has 15 heavy (non-hydrogen) atoms. The van der Waals surface area contributed by atoms with E-state index in [2.05, 4.69) is 13.0 Å². The predicted octanol–water partition coefficient (Wildman–Crippen LogP) is 3.96. The Kier molecular flexibility index (Phi) is 2.73. The molecule has 2 rings (SSSR count). The van der Waals surface area contributed by atoms with Crippen molar-refractivity contribution in [2.75, 3.05) is 11.9 Å². The van der Waals surface area contributed by atoms with Gasteiger partial charge in [-0.05, 0) is 37.3 Å². The lowest BCUT2D eigenvalue weighted by Crippen LogP contribution is -2.07. The van der Waals surface area contributed by atoms with Gasteiger partial charge >= 0.3 is 0 Å². The Bertz CT molecular complexity index is 464. The van der Waals surface area contributed by atoms with Crippen molar-refractivity contribution in [2.24, 2.45) is 0 Å². The smallest absolute Gasteiger partial charge is 0.125 e. The third kappa shape index (κ3) is 2.18. The molecule has 78 valence electrons. The third-order valence-electron chi connectivity index (χ3n) is 2.25. The minimum absolute atomic E-state index is 0.201. The summed E-state index contributed by atoms with van der Waals surface area (Å²) in [5.41, 5.74) is 0.872. The zero-order valence-corrected chi connectivity index (χ0v) is 9.51. The van der Waals surface area contributed by atoms with Gasteiger partial charge in [0.1, 0.15) is 5.82 Å². The maximum Gasteiger partial charge on any atom is 0.125 e. The first-order valence-electron chi connectivity index (χ1n) is 4.72. The second-order valence-electron chi connectivity index (χ2n) is 3.42. The summed E-state index contributed by atoms with van der Waals surface area (Å²) in [5.74, 6) is -0.201. The van der Waals surface area contributed by atoms with E-state index >= 15 is 0 Å². The Hall–Kier alpha value is -1.35. The Morgan fingerprint density at radius 3 is 2.60 bits per heavy atom. The summed E-state index contributed by atoms with van der Waals surface area (Å²) in [6, 6.07) is 10.7. The minimum atomic E-state index is -0.201. The number of rotatable bonds is 2. The number of benzene rings is 1. The van der Waals surface area contributed by atoms with E-state index in [0.29, 0.717) is 0 Å². The van der Waals surface area contributed by atoms with Gasteiger partial charge in [-0.3, -0.25) is 0 Å². The van der Waals surface area contributed by atoms with Crippen molar-refractivity contribution in [3.05, 3.63) is 47.1 Å². The molecular formula is C12H12FNS. The Labute approximate surface area is 92.8 Å². The molecule has 0 spiro atoms. The second-order valence-corrected chi connectivity index (χ2v) is 4.69. The van der Waals surface area contributed by atoms with E-state index in [0.717, 1.165) is 10.7 Å². The number of nitrogens with zero attached hydrogens (tertiary/aromatic N) is 1. The summed E-state index contributed by atoms with van der Waals surface area (Å²) in [6.45, 7) is 2.06. The molecule has 0 fully saturated rings. The van der Waals surface area contributed by atoms with E-state index in [1.54, 1.807) is 17.4 Å². The summed E-state index contributed by atoms with van der Waals surface area (Å²) in [5, 5.41) is 1.12. The highest BCUT2D eigenvalue weighted by Gasteiger charge is 2.06. The number of hydrogen-bond donors (Lipinski definition) is 0. The topological polar surface area (TPSA) is 3.24 Å². The summed E-state index contributed by atoms with van der Waals surface area (Å²) in [7, 11) is 1.94. The van der Waals surface area contributed by atoms with E-state index in [4.69, 9.17) is 0 Å². The molecule has 0 saturated carbocycles. The minimum Gasteiger partial charge on any atom is -0.336 e. The summed E-state index contributed by atoms with van der Waals surface area (Å²) in [4.78, 5) is 3.24. The van der Waals surface area contributed by atoms with Crippen LogP contribution in [0.25, 0.3) is 0 Å². The lowest BCUT2D eigenvalue weighted by atomic mass is 10.3. The molecule has 0 amide bonds. The molecule has 0 radical (unpaired) electrons. The quantitative estimate of drug-likeness (QED) is 0.741. The number of halogens is 1. The Morgan fingerprint density at radius 1 is 1.20 bits per heavy atom. The molecule has 0 N–H and O–H groups in total. The Balaban J connectivity index is 2.32. The first-order chi connectivity index (χ1) is 7.16. The van der Waals surface area contributed by atoms with Gasteiger partial charge in [-0.25, -0.2) is 4.39 Å². The molecule has 1 heterocycles. The standard InChI is InChI=1S/C12H12FNS/c1-9-6-7-12(15-9)14(2)11-5-3-4-10(13)8-11/h3-8H,1-2H3. The average molecular weight is 221 g/mol. The molecule has 3 heteroatoms. The fourth-order valence-electron chi connectivity index (χ4n) is 1.41. The van der Waals surface area contributed by atoms with Crippen LogP contribution in [0.2, 0.25) is 0 Å². The van der Waals surface area contributed by atoms with Crippen molar-refractivity contribution in [1.29, 1.82) is 0 Å². The van der Waals surface area contributed by atoms with Crippen LogP contribution < -0.4 is 4.90 Å². The van der Waals surface area contributed by atoms with Gasteiger partial charge in [0.25, 0.3) is 0 Å². The van der Waals surface area contributed by atoms with Gasteiger partial charge in [0.05, 0.1) is 5.00 Å². The molecule has 1 nitrogen and oxygen atoms in total. The molecule has 0 aliphatic carbocycles. The third-order valence-corrected chi connectivity index (χ3v) is 3.33. The molecular weight excluding hydrogens is 209 g/mol. The first-order valence-corrected chi connectivity index (χ1v) is 5.54. The summed E-state index contributed by atoms with van der Waals surface area (Å²) in [6.07, 6.45) is 0. The molecule has 0 aliphatic heterocycles. The maximum absolute atomic E-state index is 13.0. The van der Waals surface area contributed by atoms with Crippen molar-refractivity contribution in [2.45, 2.75) is 6.92 Å². The SMILES string of the molecule is Cc1ccc(N(C)c2cccc(F)c2)s1. The van der Waals surface area contributed by atoms with Crippen molar-refractivity contribution in [3.8, 4) is 0 Å². The normalized spacial score (nSPS) is 10.3. The van der Waals surface area contributed by atoms with Crippen molar-refractivity contribution < 1.29 is 4.39 Å². The molecule has 0 aliphatic rings. The molecule has 0 atom stereocenters. The van der Waals surface area contributed by atoms with Crippen LogP contribution in [-0.4, -0.2) is 7.05 Å². The predicted molar refractivity (Wildman–Crippen MR) is 63.5 cm³/mol. The van der Waals surface area contributed by atoms with Crippen LogP contribution in [-0.2, 0) is 0 Å². The van der Waals surface area contributed by atoms with E-state index in [9.17, 15) is 4.39 Å². The number of thiophene rings is 1. The summed E-state index contributed by atoms with van der Waals surface area (Å²) >= 11 is 1.70. The number of hydrogen-bond acceptors (Lipinski definition) is 2. The van der Waals surface area contributed by atoms with E-state index in [1.165, 1.54) is 17.0 Å². The zero-order chi connectivity index (χ0) is 10.8. The molecule has 0 bridgehead atoms. The first kappa shape index (κ1) is 10.2. The van der Waals surface area contributed by atoms with Crippen LogP contribution in [0.15, 0.2) is 36.4 Å². The number of anilines is 2. The summed E-state index contributed by atoms with van der Waals surface area (Å²) < 4.78 is 13.0. The van der Waals surface area contributed by atoms with Gasteiger partial charge in [-0.2, -0.15) is 0 Å². The highest BCUT2D eigenvalue weighted by Crippen LogP contribution is 2.30. The molecule has 2 aromatic rings. The second kappa shape index (κ2) is 4.03. The Morgan fingerprint density at radius 2 is 2.00 bits per heavy atom. The largest absolute Gasteiger partial charge is 0.336 e. The fourth-order valence-corrected chi connectivity index (χ4v) is 2.26. The molecule has 0 unspecified atom stereocenters. The van der Waals surface area contributed by atoms with E-state index in [1.807, 2.05) is 24.1 Å². The van der Waals surface area contributed by atoms with Gasteiger partial charge in [-0.15, -0.1) is 11.3 Å². The lowest BCUT2D eigenvalue weighted by Gasteiger charge is -2.16. The van der Waals surface area contributed by atoms with Crippen LogP contribution in [0.4, 0.5) is 15.1 Å². The van der Waals surface area contributed by atoms with Gasteiger partial charge in [0.2, 0.25) is 0 Å². The van der Waals surface area contributed by atoms with Gasteiger partial charge < -0.3 is 4.90 Å². The van der Waals surface area contributed by atoms with Gasteiger partial charge in [-0.1, -0.05) is 6.07 Å². The van der Waals surface area contributed by atoms with Crippen LogP contribution in [0.5, 0.6) is 0 Å². The lowest BCUT2D eigenvalue weighted by molar-refractivity contribution is 0.628. The monoisotopic (exact) mass is 221 g/mol. The van der Waals surface area contributed by atoms with Crippen LogP contribution >= 0.6 is 11.3 Å². The average Bonchev–Trinajstić information content (AvgIpc) is 2.64. The van der Waals surface area contributed by atoms with Crippen molar-refractivity contribution in [1.82, 2.24) is 0 Å². The van der Waals surface area contributed by atoms with Crippen molar-refractivity contribution in [3.63, 3.8) is 0 Å². The van der Waals surface area contributed by atoms with Gasteiger partial charge in [0.15, 0.2) is 0 Å². The van der Waals surface area contributed by atoms with Gasteiger partial charge in [0, 0.05) is 17.6 Å². The van der Waals surface area contributed by atoms with E-state index < -0.39 is 0 Å². The van der Waals surface area contributed by atoms with Crippen LogP contribution in [0.1, 0.15) is 4.88 Å². The highest BCUT2D eigenvalue weighted by molar-refractivity contribution is 7.16. The molecule has 1 aromatic heterocycles. The van der Waals surface area contributed by atoms with Crippen LogP contribution in [0, 0.1) is 12.7 Å².